The summed E-state index contributed by atoms with van der Waals surface area (Å²) < 4.78 is 4.92. The van der Waals surface area contributed by atoms with Crippen LogP contribution in [0.4, 0.5) is 16.4 Å². The molecule has 2 saturated heterocycles. The van der Waals surface area contributed by atoms with Gasteiger partial charge in [0, 0.05) is 17.0 Å². The summed E-state index contributed by atoms with van der Waals surface area (Å²) in [5, 5.41) is 13.2. The third-order valence-electron chi connectivity index (χ3n) is 6.85. The summed E-state index contributed by atoms with van der Waals surface area (Å²) in [7, 11) is 1.24. The van der Waals surface area contributed by atoms with Crippen LogP contribution in [0, 0.1) is 36.8 Å². The van der Waals surface area contributed by atoms with Crippen LogP contribution < -0.4 is 9.96 Å². The summed E-state index contributed by atoms with van der Waals surface area (Å²) >= 11 is 1.16. The number of ether oxygens (including phenoxy) is 1. The average Bonchev–Trinajstić information content (AvgIpc) is 3.49. The van der Waals surface area contributed by atoms with E-state index in [9.17, 15) is 24.5 Å². The Morgan fingerprint density at radius 1 is 1.08 bits per heavy atom. The topological polar surface area (TPSA) is 119 Å². The number of carbonyl (C=O) groups is 3. The van der Waals surface area contributed by atoms with E-state index in [1.54, 1.807) is 32.0 Å². The maximum atomic E-state index is 14.0. The van der Waals surface area contributed by atoms with Crippen LogP contribution in [-0.4, -0.2) is 35.9 Å². The van der Waals surface area contributed by atoms with Gasteiger partial charge in [0.25, 0.3) is 11.6 Å². The number of thiophene rings is 1. The van der Waals surface area contributed by atoms with Gasteiger partial charge in [-0.25, -0.2) is 14.8 Å². The van der Waals surface area contributed by atoms with Crippen molar-refractivity contribution in [3.63, 3.8) is 0 Å². The van der Waals surface area contributed by atoms with E-state index >= 15 is 0 Å². The summed E-state index contributed by atoms with van der Waals surface area (Å²) in [4.78, 5) is 59.2. The van der Waals surface area contributed by atoms with E-state index in [0.717, 1.165) is 26.7 Å². The number of para-hydroxylation sites is 1. The Kier molecular flexibility index (Phi) is 6.04. The maximum Gasteiger partial charge on any atom is 0.341 e. The number of hydrogen-bond donors (Lipinski definition) is 0. The van der Waals surface area contributed by atoms with Gasteiger partial charge in [-0.2, -0.15) is 0 Å². The first-order chi connectivity index (χ1) is 17.6. The first-order valence-electron chi connectivity index (χ1n) is 11.5. The number of nitro groups is 1. The summed E-state index contributed by atoms with van der Waals surface area (Å²) in [5.41, 5.74) is 2.58. The van der Waals surface area contributed by atoms with Crippen molar-refractivity contribution >= 4 is 45.5 Å². The Morgan fingerprint density at radius 3 is 2.49 bits per heavy atom. The lowest BCUT2D eigenvalue weighted by molar-refractivity contribution is -0.384. The van der Waals surface area contributed by atoms with Gasteiger partial charge in [-0.1, -0.05) is 30.3 Å². The lowest BCUT2D eigenvalue weighted by atomic mass is 9.90. The normalized spacial score (nSPS) is 20.9. The molecule has 2 aliphatic heterocycles. The Morgan fingerprint density at radius 2 is 1.81 bits per heavy atom. The molecule has 0 N–H and O–H groups in total. The van der Waals surface area contributed by atoms with Crippen molar-refractivity contribution in [3.8, 4) is 0 Å². The van der Waals surface area contributed by atoms with Crippen LogP contribution in [0.15, 0.2) is 48.5 Å². The van der Waals surface area contributed by atoms with Crippen LogP contribution in [0.5, 0.6) is 0 Å². The molecule has 0 bridgehead atoms. The predicted molar refractivity (Wildman–Crippen MR) is 135 cm³/mol. The highest BCUT2D eigenvalue weighted by molar-refractivity contribution is 7.17. The minimum absolute atomic E-state index is 0.142. The third-order valence-corrected chi connectivity index (χ3v) is 8.04. The first-order valence-corrected chi connectivity index (χ1v) is 12.3. The molecule has 2 fully saturated rings. The first kappa shape index (κ1) is 24.6. The highest BCUT2D eigenvalue weighted by Gasteiger charge is 2.61. The van der Waals surface area contributed by atoms with Gasteiger partial charge in [-0.05, 0) is 43.5 Å². The molecule has 2 aliphatic rings. The fraction of sp³-hybridized carbons (Fsp3) is 0.269. The van der Waals surface area contributed by atoms with Crippen LogP contribution in [0.1, 0.15) is 38.0 Å². The predicted octanol–water partition coefficient (Wildman–Crippen LogP) is 4.42. The Hall–Kier alpha value is -4.09. The Bertz CT molecular complexity index is 1470. The molecule has 5 rings (SSSR count). The van der Waals surface area contributed by atoms with E-state index in [2.05, 4.69) is 0 Å². The van der Waals surface area contributed by atoms with Crippen molar-refractivity contribution in [2.75, 3.05) is 17.1 Å². The minimum atomic E-state index is -1.18. The van der Waals surface area contributed by atoms with Crippen LogP contribution in [-0.2, 0) is 19.2 Å². The zero-order valence-corrected chi connectivity index (χ0v) is 21.3. The van der Waals surface area contributed by atoms with Gasteiger partial charge in [0.1, 0.15) is 10.9 Å². The monoisotopic (exact) mass is 521 g/mol. The van der Waals surface area contributed by atoms with Crippen molar-refractivity contribution in [2.45, 2.75) is 32.9 Å². The fourth-order valence-electron chi connectivity index (χ4n) is 4.90. The molecule has 3 aromatic rings. The van der Waals surface area contributed by atoms with Gasteiger partial charge in [0.15, 0.2) is 6.10 Å². The van der Waals surface area contributed by atoms with Crippen molar-refractivity contribution in [2.24, 2.45) is 5.92 Å². The molecular weight excluding hydrogens is 498 g/mol. The number of nitrogens with zero attached hydrogens (tertiary/aromatic N) is 3. The minimum Gasteiger partial charge on any atom is -0.465 e. The second-order valence-electron chi connectivity index (χ2n) is 8.93. The third kappa shape index (κ3) is 3.78. The molecule has 2 amide bonds. The van der Waals surface area contributed by atoms with E-state index in [0.29, 0.717) is 16.8 Å². The number of hydroxylamine groups is 1. The number of carbonyl (C=O) groups excluding carboxylic acids is 3. The molecular formula is C26H23N3O7S. The van der Waals surface area contributed by atoms with E-state index < -0.39 is 40.8 Å². The molecule has 0 radical (unpaired) electrons. The number of methoxy groups -OCH3 is 1. The number of imide groups is 1. The second kappa shape index (κ2) is 9.09. The van der Waals surface area contributed by atoms with E-state index in [4.69, 9.17) is 9.57 Å². The van der Waals surface area contributed by atoms with Gasteiger partial charge in [0.05, 0.1) is 29.3 Å². The fourth-order valence-corrected chi connectivity index (χ4v) is 6.06. The molecule has 3 unspecified atom stereocenters. The quantitative estimate of drug-likeness (QED) is 0.210. The molecule has 3 heterocycles. The maximum absolute atomic E-state index is 14.0. The standard InChI is InChI=1S/C26H23N3O7S/c1-13-8-5-6-11-18(13)28-21(16-9-7-10-17(12-16)29(33)34)20-22(36-28)24(31)27(23(20)30)25-19(26(32)35-4)14(2)15(3)37-25/h5-12,20-22H,1-4H3. The molecule has 37 heavy (non-hydrogen) atoms. The number of esters is 1. The smallest absolute Gasteiger partial charge is 0.341 e. The second-order valence-corrected chi connectivity index (χ2v) is 10.1. The molecule has 0 spiro atoms. The Balaban J connectivity index is 1.65. The van der Waals surface area contributed by atoms with Gasteiger partial charge in [-0.15, -0.1) is 11.3 Å². The number of rotatable bonds is 5. The lowest BCUT2D eigenvalue weighted by Crippen LogP contribution is -2.38. The molecule has 10 nitrogen and oxygen atoms in total. The van der Waals surface area contributed by atoms with E-state index in [-0.39, 0.29) is 16.3 Å². The number of hydrogen-bond acceptors (Lipinski definition) is 9. The number of benzene rings is 2. The highest BCUT2D eigenvalue weighted by atomic mass is 32.1. The molecule has 1 aromatic heterocycles. The molecule has 3 atom stereocenters. The molecule has 190 valence electrons. The van der Waals surface area contributed by atoms with Gasteiger partial charge in [-0.3, -0.25) is 24.5 Å². The van der Waals surface area contributed by atoms with Crippen LogP contribution in [0.3, 0.4) is 0 Å². The number of amides is 2. The average molecular weight is 522 g/mol. The molecule has 0 aliphatic carbocycles. The number of nitro benzene ring substituents is 1. The van der Waals surface area contributed by atoms with Gasteiger partial charge < -0.3 is 4.74 Å². The van der Waals surface area contributed by atoms with Crippen molar-refractivity contribution < 1.29 is 28.9 Å². The number of anilines is 2. The summed E-state index contributed by atoms with van der Waals surface area (Å²) in [5.74, 6) is -2.79. The summed E-state index contributed by atoms with van der Waals surface area (Å²) in [6.07, 6.45) is -1.18. The molecule has 2 aromatic carbocycles. The Labute approximate surface area is 216 Å². The zero-order chi connectivity index (χ0) is 26.6. The van der Waals surface area contributed by atoms with Crippen LogP contribution >= 0.6 is 11.3 Å². The highest BCUT2D eigenvalue weighted by Crippen LogP contribution is 2.50. The van der Waals surface area contributed by atoms with Gasteiger partial charge >= 0.3 is 5.97 Å². The van der Waals surface area contributed by atoms with Crippen molar-refractivity contribution in [1.29, 1.82) is 0 Å². The van der Waals surface area contributed by atoms with Crippen molar-refractivity contribution in [3.05, 3.63) is 85.8 Å². The largest absolute Gasteiger partial charge is 0.465 e. The summed E-state index contributed by atoms with van der Waals surface area (Å²) in [6.45, 7) is 5.40. The SMILES string of the molecule is COC(=O)c1c(N2C(=O)C3ON(c4ccccc4C)C(c4cccc([N+](=O)[O-])c4)C3C2=O)sc(C)c1C. The van der Waals surface area contributed by atoms with E-state index in [1.807, 2.05) is 19.1 Å². The van der Waals surface area contributed by atoms with Gasteiger partial charge in [0.2, 0.25) is 5.91 Å². The van der Waals surface area contributed by atoms with Crippen LogP contribution in [0.2, 0.25) is 0 Å². The van der Waals surface area contributed by atoms with E-state index in [1.165, 1.54) is 30.4 Å². The lowest BCUT2D eigenvalue weighted by Gasteiger charge is -2.29. The zero-order valence-electron chi connectivity index (χ0n) is 20.5. The summed E-state index contributed by atoms with van der Waals surface area (Å²) in [6, 6.07) is 12.5. The molecule has 11 heteroatoms. The number of non-ortho nitro benzene ring substituents is 1. The molecule has 0 saturated carbocycles. The number of fused-ring (bicyclic) bond motifs is 1. The van der Waals surface area contributed by atoms with Crippen LogP contribution in [0.25, 0.3) is 0 Å². The van der Waals surface area contributed by atoms with Crippen molar-refractivity contribution in [1.82, 2.24) is 0 Å². The number of aryl methyl sites for hydroxylation is 2.